The Morgan fingerprint density at radius 2 is 1.30 bits per heavy atom. The van der Waals surface area contributed by atoms with Crippen molar-refractivity contribution in [3.8, 4) is 39.5 Å². The van der Waals surface area contributed by atoms with Gasteiger partial charge in [0.15, 0.2) is 5.78 Å². The topological polar surface area (TPSA) is 156 Å². The first-order chi connectivity index (χ1) is 32.5. The van der Waals surface area contributed by atoms with Crippen molar-refractivity contribution in [2.24, 2.45) is 17.8 Å². The number of carbonyl (C=O) groups is 5. The molecule has 2 aliphatic rings. The molecule has 2 N–H and O–H groups in total. The van der Waals surface area contributed by atoms with Crippen molar-refractivity contribution < 1.29 is 52.9 Å². The lowest BCUT2D eigenvalue weighted by atomic mass is 9.90. The molecule has 0 saturated carbocycles. The zero-order chi connectivity index (χ0) is 50.1. The Balaban J connectivity index is 1.14. The van der Waals surface area contributed by atoms with Crippen molar-refractivity contribution in [1.29, 1.82) is 0 Å². The predicted molar refractivity (Wildman–Crippen MR) is 252 cm³/mol. The quantitative estimate of drug-likeness (QED) is 0.0731. The molecule has 4 atom stereocenters. The summed E-state index contributed by atoms with van der Waals surface area (Å²) in [5.74, 6) is -1.57. The lowest BCUT2D eigenvalue weighted by Gasteiger charge is -2.40. The number of halogens is 5. The number of amides is 3. The molecule has 7 rings (SSSR count). The Morgan fingerprint density at radius 3 is 1.87 bits per heavy atom. The van der Waals surface area contributed by atoms with E-state index in [-0.39, 0.29) is 54.0 Å². The van der Waals surface area contributed by atoms with Crippen molar-refractivity contribution in [2.75, 3.05) is 27.3 Å². The Kier molecular flexibility index (Phi) is 14.0. The third-order valence-corrected chi connectivity index (χ3v) is 14.2. The zero-order valence-electron chi connectivity index (χ0n) is 39.2. The first-order valence-corrected chi connectivity index (χ1v) is 24.8. The van der Waals surface area contributed by atoms with Crippen LogP contribution in [0.3, 0.4) is 0 Å². The zero-order valence-corrected chi connectivity index (χ0v) is 40.0. The monoisotopic (exact) mass is 980 g/mol. The second kappa shape index (κ2) is 19.1. The highest BCUT2D eigenvalue weighted by Crippen LogP contribution is 3.02. The third-order valence-electron chi connectivity index (χ3n) is 13.0. The average Bonchev–Trinajstić information content (AvgIpc) is 4.16. The van der Waals surface area contributed by atoms with Crippen LogP contribution in [0.25, 0.3) is 39.5 Å². The molecule has 2 fully saturated rings. The summed E-state index contributed by atoms with van der Waals surface area (Å²) >= 11 is 0. The Bertz CT molecular complexity index is 2710. The summed E-state index contributed by atoms with van der Waals surface area (Å²) in [6, 6.07) is 18.8. The van der Waals surface area contributed by atoms with E-state index in [2.05, 4.69) is 15.3 Å². The molecule has 2 aromatic heterocycles. The number of Topliss-reactive ketones (excluding diaryl/α,β-unsaturated/α-hetero) is 1. The molecule has 4 heterocycles. The van der Waals surface area contributed by atoms with Gasteiger partial charge in [0.2, 0.25) is 11.8 Å². The highest BCUT2D eigenvalue weighted by molar-refractivity contribution is 8.45. The maximum atomic E-state index is 13.9. The van der Waals surface area contributed by atoms with Crippen LogP contribution in [-0.4, -0.2) is 93.4 Å². The molecule has 0 bridgehead atoms. The SMILES string of the molecule is COC(=O)C[C@H](C(=O)N1CCC[C@H]1C(=O)Cc1ccc(-c2ccc(-c3ccc(-c4cnc([C@@H]5CCCN5C(=O)[C@@H](NC(=O)OC)C(C)C)[nH]4)cc3)n2-c2ccc(S(F)(F)(F)(F)F)cc2)cc1)C(C)C. The Labute approximate surface area is 397 Å². The number of aromatic amines is 1. The molecule has 0 radical (unpaired) electrons. The molecule has 370 valence electrons. The van der Waals surface area contributed by atoms with Gasteiger partial charge in [0.25, 0.3) is 0 Å². The lowest BCUT2D eigenvalue weighted by molar-refractivity contribution is -0.149. The molecule has 5 aromatic rings. The van der Waals surface area contributed by atoms with Gasteiger partial charge in [-0.3, -0.25) is 19.2 Å². The number of H-pyrrole nitrogens is 1. The van der Waals surface area contributed by atoms with Crippen LogP contribution in [0.15, 0.2) is 96.0 Å². The highest BCUT2D eigenvalue weighted by Gasteiger charge is 2.65. The molecule has 0 unspecified atom stereocenters. The van der Waals surface area contributed by atoms with E-state index in [1.54, 1.807) is 57.0 Å². The van der Waals surface area contributed by atoms with Crippen molar-refractivity contribution in [3.63, 3.8) is 0 Å². The van der Waals surface area contributed by atoms with E-state index in [1.165, 1.54) is 14.2 Å². The predicted octanol–water partition coefficient (Wildman–Crippen LogP) is 10.8. The normalized spacial score (nSPS) is 18.2. The van der Waals surface area contributed by atoms with Gasteiger partial charge in [-0.25, -0.2) is 9.78 Å². The van der Waals surface area contributed by atoms with Crippen molar-refractivity contribution in [1.82, 2.24) is 29.7 Å². The van der Waals surface area contributed by atoms with Gasteiger partial charge in [0.05, 0.1) is 61.9 Å². The molecular formula is C50H57F5N6O7S. The molecule has 2 saturated heterocycles. The third kappa shape index (κ3) is 11.2. The van der Waals surface area contributed by atoms with Gasteiger partial charge in [0, 0.05) is 25.2 Å². The van der Waals surface area contributed by atoms with Crippen molar-refractivity contribution >= 4 is 39.9 Å². The van der Waals surface area contributed by atoms with Gasteiger partial charge in [-0.05, 0) is 96.2 Å². The van der Waals surface area contributed by atoms with Crippen LogP contribution in [0.1, 0.15) is 77.2 Å². The van der Waals surface area contributed by atoms with Crippen molar-refractivity contribution in [3.05, 3.63) is 103 Å². The number of alkyl carbamates (subject to hydrolysis) is 1. The van der Waals surface area contributed by atoms with Crippen LogP contribution >= 0.6 is 10.2 Å². The molecule has 2 aliphatic heterocycles. The van der Waals surface area contributed by atoms with Crippen LogP contribution in [0.4, 0.5) is 24.2 Å². The molecule has 0 aliphatic carbocycles. The smallest absolute Gasteiger partial charge is 0.407 e. The maximum Gasteiger partial charge on any atom is 0.407 e. The summed E-state index contributed by atoms with van der Waals surface area (Å²) in [6.07, 6.45) is 3.43. The molecule has 69 heavy (non-hydrogen) atoms. The average molecular weight is 981 g/mol. The Morgan fingerprint density at radius 1 is 0.725 bits per heavy atom. The number of nitrogens with one attached hydrogen (secondary N) is 2. The van der Waals surface area contributed by atoms with Gasteiger partial charge >= 0.3 is 22.3 Å². The number of nitrogens with zero attached hydrogens (tertiary/aromatic N) is 4. The first-order valence-electron chi connectivity index (χ1n) is 22.8. The van der Waals surface area contributed by atoms with Crippen LogP contribution in [0, 0.1) is 17.8 Å². The second-order valence-corrected chi connectivity index (χ2v) is 20.8. The van der Waals surface area contributed by atoms with E-state index < -0.39 is 45.2 Å². The number of rotatable bonds is 16. The van der Waals surface area contributed by atoms with E-state index in [1.807, 2.05) is 52.0 Å². The molecule has 13 nitrogen and oxygen atoms in total. The number of methoxy groups -OCH3 is 2. The number of hydrogen-bond donors (Lipinski definition) is 2. The van der Waals surface area contributed by atoms with Crippen LogP contribution in [-0.2, 0) is 35.1 Å². The maximum absolute atomic E-state index is 13.9. The number of hydrogen-bond acceptors (Lipinski definition) is 8. The van der Waals surface area contributed by atoms with Gasteiger partial charge < -0.3 is 34.1 Å². The van der Waals surface area contributed by atoms with Gasteiger partial charge in [-0.1, -0.05) is 95.7 Å². The fourth-order valence-corrected chi connectivity index (χ4v) is 9.90. The summed E-state index contributed by atoms with van der Waals surface area (Å²) in [5.41, 5.74) is 4.60. The summed E-state index contributed by atoms with van der Waals surface area (Å²) in [7, 11) is -7.48. The van der Waals surface area contributed by atoms with Crippen LogP contribution < -0.4 is 5.32 Å². The van der Waals surface area contributed by atoms with Gasteiger partial charge in [-0.2, -0.15) is 0 Å². The summed E-state index contributed by atoms with van der Waals surface area (Å²) < 4.78 is 80.5. The minimum Gasteiger partial charge on any atom is -0.469 e. The molecule has 19 heteroatoms. The minimum atomic E-state index is -9.98. The van der Waals surface area contributed by atoms with E-state index in [0.29, 0.717) is 84.1 Å². The molecule has 3 aromatic carbocycles. The molecule has 0 spiro atoms. The molecule has 3 amide bonds. The standard InChI is InChI=1S/C50H57F5N6O7S/c1-30(2)38(28-45(63)67-5)48(64)59-25-7-9-42(59)44(62)27-32-11-13-34(14-12-32)40-23-24-41(61(40)36-19-21-37(22-20-36)69(51,52,53,54)55)35-17-15-33(16-18-35)39-29-56-47(57-39)43-10-8-26-60(43)49(65)46(31(3)4)58-50(66)68-6/h11-24,29-31,38,42-43,46H,7-10,25-28H2,1-6H3,(H,56,57)(H,58,66)/t38-,42-,43-,46-/m0/s1. The fourth-order valence-electron chi connectivity index (χ4n) is 9.25. The first kappa shape index (κ1) is 50.4. The summed E-state index contributed by atoms with van der Waals surface area (Å²) in [6.45, 7) is 8.25. The fraction of sp³-hybridized carbons (Fsp3) is 0.400. The van der Waals surface area contributed by atoms with E-state index in [4.69, 9.17) is 9.47 Å². The largest absolute Gasteiger partial charge is 0.469 e. The van der Waals surface area contributed by atoms with Crippen molar-refractivity contribution in [2.45, 2.75) is 89.2 Å². The molecular weight excluding hydrogens is 924 g/mol. The number of benzene rings is 3. The number of likely N-dealkylation sites (tertiary alicyclic amines) is 2. The number of imidazole rings is 1. The van der Waals surface area contributed by atoms with E-state index >= 15 is 0 Å². The van der Waals surface area contributed by atoms with Gasteiger partial charge in [0.1, 0.15) is 16.8 Å². The van der Waals surface area contributed by atoms with E-state index in [0.717, 1.165) is 24.1 Å². The summed E-state index contributed by atoms with van der Waals surface area (Å²) in [4.78, 5) is 74.4. The summed E-state index contributed by atoms with van der Waals surface area (Å²) in [5, 5.41) is 2.64. The van der Waals surface area contributed by atoms with Crippen LogP contribution in [0.5, 0.6) is 0 Å². The number of ether oxygens (including phenoxy) is 2. The number of esters is 1. The highest BCUT2D eigenvalue weighted by atomic mass is 32.5. The Hall–Kier alpha value is -6.50. The van der Waals surface area contributed by atoms with E-state index in [9.17, 15) is 43.4 Å². The minimum absolute atomic E-state index is 0.0223. The number of aromatic nitrogens is 3. The lowest BCUT2D eigenvalue weighted by Crippen LogP contribution is -2.51. The van der Waals surface area contributed by atoms with Gasteiger partial charge in [-0.15, -0.1) is 0 Å². The number of ketones is 1. The second-order valence-electron chi connectivity index (χ2n) is 18.4. The van der Waals surface area contributed by atoms with Crippen LogP contribution in [0.2, 0.25) is 0 Å². The number of carbonyl (C=O) groups excluding carboxylic acids is 5.